The molecule has 0 unspecified atom stereocenters. The summed E-state index contributed by atoms with van der Waals surface area (Å²) in [5, 5.41) is 0. The molecule has 1 saturated heterocycles. The van der Waals surface area contributed by atoms with Crippen molar-refractivity contribution >= 4 is 6.29 Å². The Morgan fingerprint density at radius 1 is 1.67 bits per heavy atom. The molecule has 1 fully saturated rings. The van der Waals surface area contributed by atoms with Crippen molar-refractivity contribution in [1.29, 1.82) is 0 Å². The van der Waals surface area contributed by atoms with Crippen molar-refractivity contribution < 1.29 is 14.3 Å². The van der Waals surface area contributed by atoms with E-state index in [2.05, 4.69) is 0 Å². The highest BCUT2D eigenvalue weighted by Gasteiger charge is 2.16. The molecule has 3 heteroatoms. The van der Waals surface area contributed by atoms with E-state index in [0.29, 0.717) is 6.42 Å². The number of rotatable bonds is 4. The summed E-state index contributed by atoms with van der Waals surface area (Å²) in [6, 6.07) is 0. The Morgan fingerprint density at radius 2 is 2.50 bits per heavy atom. The van der Waals surface area contributed by atoms with Crippen LogP contribution in [0.25, 0.3) is 0 Å². The van der Waals surface area contributed by atoms with Gasteiger partial charge in [0.1, 0.15) is 6.29 Å². The molecule has 0 N–H and O–H groups in total. The topological polar surface area (TPSA) is 35.5 Å². The van der Waals surface area contributed by atoms with Crippen molar-refractivity contribution in [3.05, 3.63) is 0 Å². The fourth-order valence-electron chi connectivity index (χ4n) is 1.27. The highest BCUT2D eigenvalue weighted by molar-refractivity contribution is 5.49. The van der Waals surface area contributed by atoms with Gasteiger partial charge < -0.3 is 14.3 Å². The zero-order valence-corrected chi connectivity index (χ0v) is 7.49. The summed E-state index contributed by atoms with van der Waals surface area (Å²) < 4.78 is 10.8. The maximum atomic E-state index is 10.1. The zero-order valence-electron chi connectivity index (χ0n) is 7.49. The third-order valence-corrected chi connectivity index (χ3v) is 1.95. The molecule has 1 aliphatic rings. The van der Waals surface area contributed by atoms with Gasteiger partial charge in [0, 0.05) is 13.0 Å². The van der Waals surface area contributed by atoms with E-state index in [-0.39, 0.29) is 12.4 Å². The van der Waals surface area contributed by atoms with Crippen molar-refractivity contribution in [2.24, 2.45) is 0 Å². The molecule has 0 aromatic heterocycles. The van der Waals surface area contributed by atoms with Gasteiger partial charge in [0.15, 0.2) is 6.29 Å². The zero-order chi connectivity index (χ0) is 8.81. The molecular formula is C9H16O3. The van der Waals surface area contributed by atoms with E-state index in [1.165, 1.54) is 6.42 Å². The molecule has 0 aliphatic carbocycles. The monoisotopic (exact) mass is 172 g/mol. The predicted molar refractivity (Wildman–Crippen MR) is 44.8 cm³/mol. The Bertz CT molecular complexity index is 130. The highest BCUT2D eigenvalue weighted by atomic mass is 16.7. The molecular weight excluding hydrogens is 156 g/mol. The van der Waals surface area contributed by atoms with E-state index < -0.39 is 0 Å². The molecule has 70 valence electrons. The molecule has 0 radical (unpaired) electrons. The van der Waals surface area contributed by atoms with Gasteiger partial charge in [-0.15, -0.1) is 0 Å². The summed E-state index contributed by atoms with van der Waals surface area (Å²) >= 11 is 0. The van der Waals surface area contributed by atoms with Gasteiger partial charge in [-0.3, -0.25) is 0 Å². The maximum absolute atomic E-state index is 10.1. The molecule has 0 aromatic rings. The average Bonchev–Trinajstić information content (AvgIpc) is 2.06. The summed E-state index contributed by atoms with van der Waals surface area (Å²) in [7, 11) is 0. The number of carbonyl (C=O) groups excluding carboxylic acids is 1. The smallest absolute Gasteiger partial charge is 0.157 e. The second-order valence-corrected chi connectivity index (χ2v) is 3.15. The lowest BCUT2D eigenvalue weighted by Gasteiger charge is -2.25. The Morgan fingerprint density at radius 3 is 3.08 bits per heavy atom. The highest BCUT2D eigenvalue weighted by Crippen LogP contribution is 2.15. The van der Waals surface area contributed by atoms with Crippen LogP contribution < -0.4 is 0 Å². The summed E-state index contributed by atoms with van der Waals surface area (Å²) in [5.41, 5.74) is 0. The van der Waals surface area contributed by atoms with Gasteiger partial charge in [0.2, 0.25) is 0 Å². The van der Waals surface area contributed by atoms with Crippen molar-refractivity contribution in [2.75, 3.05) is 6.61 Å². The second-order valence-electron chi connectivity index (χ2n) is 3.15. The molecule has 1 heterocycles. The fraction of sp³-hybridized carbons (Fsp3) is 0.889. The average molecular weight is 172 g/mol. The van der Waals surface area contributed by atoms with Crippen LogP contribution in [-0.2, 0) is 14.3 Å². The van der Waals surface area contributed by atoms with Crippen LogP contribution in [-0.4, -0.2) is 25.3 Å². The van der Waals surface area contributed by atoms with Crippen molar-refractivity contribution in [3.8, 4) is 0 Å². The lowest BCUT2D eigenvalue weighted by molar-refractivity contribution is -0.184. The maximum Gasteiger partial charge on any atom is 0.157 e. The molecule has 0 bridgehead atoms. The van der Waals surface area contributed by atoms with E-state index in [1.54, 1.807) is 0 Å². The second kappa shape index (κ2) is 5.27. The molecule has 0 spiro atoms. The summed E-state index contributed by atoms with van der Waals surface area (Å²) in [4.78, 5) is 10.1. The number of aldehydes is 1. The Kier molecular flexibility index (Phi) is 4.25. The van der Waals surface area contributed by atoms with Crippen LogP contribution in [0.2, 0.25) is 0 Å². The van der Waals surface area contributed by atoms with E-state index in [9.17, 15) is 4.79 Å². The first kappa shape index (κ1) is 9.68. The fourth-order valence-corrected chi connectivity index (χ4v) is 1.27. The molecule has 3 nitrogen and oxygen atoms in total. The molecule has 1 rings (SSSR count). The number of hydrogen-bond donors (Lipinski definition) is 0. The SMILES string of the molecule is C[C@@H](CC=O)O[C@H]1CCCCO1. The van der Waals surface area contributed by atoms with Gasteiger partial charge in [0.25, 0.3) is 0 Å². The molecule has 0 amide bonds. The minimum Gasteiger partial charge on any atom is -0.353 e. The van der Waals surface area contributed by atoms with Crippen molar-refractivity contribution in [3.63, 3.8) is 0 Å². The van der Waals surface area contributed by atoms with Gasteiger partial charge in [-0.25, -0.2) is 0 Å². The standard InChI is InChI=1S/C9H16O3/c1-8(5-6-10)12-9-4-2-3-7-11-9/h6,8-9H,2-5,7H2,1H3/t8-,9-/m0/s1. The minimum absolute atomic E-state index is 0.00870. The van der Waals surface area contributed by atoms with Gasteiger partial charge in [0.05, 0.1) is 6.10 Å². The van der Waals surface area contributed by atoms with Gasteiger partial charge in [-0.1, -0.05) is 0 Å². The lowest BCUT2D eigenvalue weighted by atomic mass is 10.2. The molecule has 0 saturated carbocycles. The lowest BCUT2D eigenvalue weighted by Crippen LogP contribution is -2.26. The van der Waals surface area contributed by atoms with Crippen LogP contribution in [0.5, 0.6) is 0 Å². The third-order valence-electron chi connectivity index (χ3n) is 1.95. The quantitative estimate of drug-likeness (QED) is 0.603. The largest absolute Gasteiger partial charge is 0.353 e. The Balaban J connectivity index is 2.15. The summed E-state index contributed by atoms with van der Waals surface area (Å²) in [6.45, 7) is 2.69. The first-order chi connectivity index (χ1) is 5.83. The Hall–Kier alpha value is -0.410. The summed E-state index contributed by atoms with van der Waals surface area (Å²) in [5.74, 6) is 0. The van der Waals surface area contributed by atoms with Crippen LogP contribution in [0.4, 0.5) is 0 Å². The van der Waals surface area contributed by atoms with Crippen LogP contribution in [0.1, 0.15) is 32.6 Å². The Labute approximate surface area is 73.0 Å². The predicted octanol–water partition coefficient (Wildman–Crippen LogP) is 1.51. The molecule has 0 aromatic carbocycles. The summed E-state index contributed by atoms with van der Waals surface area (Å²) in [6.07, 6.45) is 4.51. The van der Waals surface area contributed by atoms with Crippen molar-refractivity contribution in [2.45, 2.75) is 45.0 Å². The normalized spacial score (nSPS) is 26.6. The number of ether oxygens (including phenoxy) is 2. The third kappa shape index (κ3) is 3.32. The van der Waals surface area contributed by atoms with Crippen LogP contribution in [0.3, 0.4) is 0 Å². The van der Waals surface area contributed by atoms with E-state index in [1.807, 2.05) is 6.92 Å². The van der Waals surface area contributed by atoms with Crippen LogP contribution in [0.15, 0.2) is 0 Å². The van der Waals surface area contributed by atoms with Gasteiger partial charge in [-0.05, 0) is 26.2 Å². The van der Waals surface area contributed by atoms with Gasteiger partial charge in [-0.2, -0.15) is 0 Å². The van der Waals surface area contributed by atoms with Crippen LogP contribution >= 0.6 is 0 Å². The number of carbonyl (C=O) groups is 1. The minimum atomic E-state index is -0.0753. The number of hydrogen-bond acceptors (Lipinski definition) is 3. The first-order valence-electron chi connectivity index (χ1n) is 4.53. The van der Waals surface area contributed by atoms with E-state index in [4.69, 9.17) is 9.47 Å². The molecule has 1 aliphatic heterocycles. The first-order valence-corrected chi connectivity index (χ1v) is 4.53. The molecule has 2 atom stereocenters. The van der Waals surface area contributed by atoms with Gasteiger partial charge >= 0.3 is 0 Å². The van der Waals surface area contributed by atoms with E-state index in [0.717, 1.165) is 25.7 Å². The van der Waals surface area contributed by atoms with E-state index >= 15 is 0 Å². The van der Waals surface area contributed by atoms with Crippen molar-refractivity contribution in [1.82, 2.24) is 0 Å². The molecule has 12 heavy (non-hydrogen) atoms. The van der Waals surface area contributed by atoms with Crippen LogP contribution in [0, 0.1) is 0 Å².